The van der Waals surface area contributed by atoms with E-state index >= 15 is 0 Å². The van der Waals surface area contributed by atoms with Gasteiger partial charge in [-0.1, -0.05) is 38.1 Å². The van der Waals surface area contributed by atoms with Crippen molar-refractivity contribution in [2.75, 3.05) is 9.80 Å². The topological polar surface area (TPSA) is 40.6 Å². The van der Waals surface area contributed by atoms with Crippen molar-refractivity contribution in [3.8, 4) is 0 Å². The second-order valence-electron chi connectivity index (χ2n) is 9.66. The maximum Gasteiger partial charge on any atom is 0.471 e. The summed E-state index contributed by atoms with van der Waals surface area (Å²) in [5.74, 6) is -35.3. The van der Waals surface area contributed by atoms with Gasteiger partial charge >= 0.3 is 24.2 Å². The van der Waals surface area contributed by atoms with Gasteiger partial charge in [-0.2, -0.15) is 26.3 Å². The lowest BCUT2D eigenvalue weighted by Crippen LogP contribution is -2.46. The van der Waals surface area contributed by atoms with Crippen molar-refractivity contribution >= 4 is 23.2 Å². The molecule has 0 fully saturated rings. The molecule has 0 saturated carbocycles. The smallest absolute Gasteiger partial charge is 0.292 e. The molecule has 48 heavy (non-hydrogen) atoms. The number of alkyl halides is 6. The van der Waals surface area contributed by atoms with Crippen LogP contribution in [0.4, 0.5) is 81.6 Å². The van der Waals surface area contributed by atoms with E-state index in [9.17, 15) is 79.8 Å². The minimum atomic E-state index is -6.14. The van der Waals surface area contributed by atoms with Crippen LogP contribution in [0.15, 0.2) is 24.3 Å². The number of rotatable bonds is 8. The molecule has 20 heteroatoms. The van der Waals surface area contributed by atoms with Crippen LogP contribution >= 0.6 is 0 Å². The molecule has 0 spiro atoms. The fourth-order valence-electron chi connectivity index (χ4n) is 4.88. The molecule has 0 radical (unpaired) electrons. The monoisotopic (exact) mass is 716 g/mol. The first-order valence-corrected chi connectivity index (χ1v) is 13.0. The highest BCUT2D eigenvalue weighted by Gasteiger charge is 2.51. The molecule has 2 unspecified atom stereocenters. The van der Waals surface area contributed by atoms with E-state index in [0.717, 1.165) is 26.0 Å². The standard InChI is InChI=1S/C28H16F16N2O2/c1-3-11(45(25(47)27(39,40)41)23-19(35)15(31)13(29)16(32)20(23)36)9-7-5-6-8-10(9)12(4-2)46(26(48)28(42,43)44)24-21(37)17(33)14(30)18(34)22(24)38/h5-8,11-12H,3-4H2,1-2H3. The number of carbonyl (C=O) groups is 2. The lowest BCUT2D eigenvalue weighted by atomic mass is 9.89. The number of hydrogen-bond donors (Lipinski definition) is 0. The van der Waals surface area contributed by atoms with Gasteiger partial charge in [0.1, 0.15) is 11.4 Å². The molecule has 0 aliphatic heterocycles. The van der Waals surface area contributed by atoms with Crippen LogP contribution in [0.1, 0.15) is 49.9 Å². The van der Waals surface area contributed by atoms with Crippen molar-refractivity contribution in [3.63, 3.8) is 0 Å². The molecule has 3 aromatic carbocycles. The highest BCUT2D eigenvalue weighted by Crippen LogP contribution is 2.45. The van der Waals surface area contributed by atoms with Gasteiger partial charge in [0.25, 0.3) is 0 Å². The molecular formula is C28H16F16N2O2. The second kappa shape index (κ2) is 13.5. The van der Waals surface area contributed by atoms with Crippen LogP contribution in [0.5, 0.6) is 0 Å². The van der Waals surface area contributed by atoms with Gasteiger partial charge in [-0.3, -0.25) is 19.4 Å². The SMILES string of the molecule is CCC(c1ccccc1C(CC)N(C(=O)C(F)(F)F)c1c(F)c(F)c(F)c(F)c1F)N(C(=O)C(F)(F)F)c1c(F)c(F)c(F)c(F)c1F. The van der Waals surface area contributed by atoms with E-state index in [4.69, 9.17) is 0 Å². The normalized spacial score (nSPS) is 13.4. The van der Waals surface area contributed by atoms with Crippen molar-refractivity contribution in [2.45, 2.75) is 51.1 Å². The summed E-state index contributed by atoms with van der Waals surface area (Å²) in [7, 11) is 0. The Labute approximate surface area is 258 Å². The van der Waals surface area contributed by atoms with E-state index in [2.05, 4.69) is 0 Å². The van der Waals surface area contributed by atoms with Gasteiger partial charge in [-0.25, -0.2) is 43.9 Å². The lowest BCUT2D eigenvalue weighted by molar-refractivity contribution is -0.171. The third-order valence-electron chi connectivity index (χ3n) is 6.89. The summed E-state index contributed by atoms with van der Waals surface area (Å²) in [5.41, 5.74) is -6.83. The van der Waals surface area contributed by atoms with Crippen LogP contribution in [0, 0.1) is 58.2 Å². The van der Waals surface area contributed by atoms with Crippen molar-refractivity contribution in [3.05, 3.63) is 93.6 Å². The van der Waals surface area contributed by atoms with Gasteiger partial charge in [-0.05, 0) is 24.0 Å². The summed E-state index contributed by atoms with van der Waals surface area (Å²) in [6, 6.07) is -2.09. The molecule has 3 rings (SSSR count). The van der Waals surface area contributed by atoms with Gasteiger partial charge < -0.3 is 0 Å². The van der Waals surface area contributed by atoms with E-state index in [1.165, 1.54) is 0 Å². The predicted octanol–water partition coefficient (Wildman–Crippen LogP) is 9.17. The number of carbonyl (C=O) groups excluding carboxylic acids is 2. The maximum atomic E-state index is 14.9. The quantitative estimate of drug-likeness (QED) is 0.133. The van der Waals surface area contributed by atoms with Gasteiger partial charge in [0, 0.05) is 0 Å². The highest BCUT2D eigenvalue weighted by atomic mass is 19.4. The Morgan fingerprint density at radius 2 is 0.729 bits per heavy atom. The van der Waals surface area contributed by atoms with Gasteiger partial charge in [-0.15, -0.1) is 0 Å². The molecule has 0 saturated heterocycles. The van der Waals surface area contributed by atoms with Crippen LogP contribution in [0.2, 0.25) is 0 Å². The average molecular weight is 716 g/mol. The van der Waals surface area contributed by atoms with Crippen LogP contribution < -0.4 is 9.80 Å². The van der Waals surface area contributed by atoms with Crippen LogP contribution in [-0.4, -0.2) is 24.2 Å². The minimum Gasteiger partial charge on any atom is -0.292 e. The summed E-state index contributed by atoms with van der Waals surface area (Å²) in [4.78, 5) is 23.3. The first-order chi connectivity index (χ1) is 22.1. The van der Waals surface area contributed by atoms with Gasteiger partial charge in [0.05, 0.1) is 12.1 Å². The molecule has 2 amide bonds. The summed E-state index contributed by atoms with van der Waals surface area (Å²) < 4.78 is 226. The first-order valence-electron chi connectivity index (χ1n) is 13.0. The average Bonchev–Trinajstić information content (AvgIpc) is 3.02. The van der Waals surface area contributed by atoms with Gasteiger partial charge in [0.2, 0.25) is 11.6 Å². The van der Waals surface area contributed by atoms with Crippen LogP contribution in [0.3, 0.4) is 0 Å². The fraction of sp³-hybridized carbons (Fsp3) is 0.286. The minimum absolute atomic E-state index is 0.643. The Balaban J connectivity index is 2.48. The molecule has 0 aliphatic carbocycles. The van der Waals surface area contributed by atoms with E-state index in [1.807, 2.05) is 0 Å². The number of hydrogen-bond acceptors (Lipinski definition) is 2. The molecular weight excluding hydrogens is 700 g/mol. The number of nitrogens with zero attached hydrogens (tertiary/aromatic N) is 2. The zero-order valence-corrected chi connectivity index (χ0v) is 23.6. The predicted molar refractivity (Wildman–Crippen MR) is 132 cm³/mol. The van der Waals surface area contributed by atoms with Crippen molar-refractivity contribution in [1.29, 1.82) is 0 Å². The summed E-state index contributed by atoms with van der Waals surface area (Å²) in [6.07, 6.45) is -14.2. The fourth-order valence-corrected chi connectivity index (χ4v) is 4.88. The van der Waals surface area contributed by atoms with Crippen LogP contribution in [-0.2, 0) is 9.59 Å². The largest absolute Gasteiger partial charge is 0.471 e. The maximum absolute atomic E-state index is 14.9. The van der Waals surface area contributed by atoms with Crippen LogP contribution in [0.25, 0.3) is 0 Å². The zero-order valence-electron chi connectivity index (χ0n) is 23.6. The number of halogens is 16. The molecule has 2 atom stereocenters. The van der Waals surface area contributed by atoms with E-state index < -0.39 is 140 Å². The summed E-state index contributed by atoms with van der Waals surface area (Å²) in [6.45, 7) is 1.74. The molecule has 0 bridgehead atoms. The Hall–Kier alpha value is -4.52. The molecule has 0 N–H and O–H groups in total. The first kappa shape index (κ1) is 37.9. The molecule has 0 aliphatic rings. The Kier molecular flexibility index (Phi) is 10.7. The second-order valence-corrected chi connectivity index (χ2v) is 9.66. The van der Waals surface area contributed by atoms with Crippen molar-refractivity contribution < 1.29 is 79.8 Å². The zero-order chi connectivity index (χ0) is 36.8. The Morgan fingerprint density at radius 1 is 0.500 bits per heavy atom. The third kappa shape index (κ3) is 6.47. The molecule has 0 heterocycles. The Bertz CT molecular complexity index is 1570. The number of benzene rings is 3. The highest BCUT2D eigenvalue weighted by molar-refractivity contribution is 5.99. The molecule has 0 aromatic heterocycles. The molecule has 262 valence electrons. The summed E-state index contributed by atoms with van der Waals surface area (Å²) >= 11 is 0. The van der Waals surface area contributed by atoms with E-state index in [0.29, 0.717) is 12.1 Å². The molecule has 4 nitrogen and oxygen atoms in total. The van der Waals surface area contributed by atoms with Crippen molar-refractivity contribution in [1.82, 2.24) is 0 Å². The third-order valence-corrected chi connectivity index (χ3v) is 6.89. The van der Waals surface area contributed by atoms with E-state index in [-0.39, 0.29) is 0 Å². The van der Waals surface area contributed by atoms with Crippen molar-refractivity contribution in [2.24, 2.45) is 0 Å². The van der Waals surface area contributed by atoms with E-state index in [1.54, 1.807) is 0 Å². The lowest BCUT2D eigenvalue weighted by Gasteiger charge is -2.37. The molecule has 3 aromatic rings. The number of anilines is 2. The van der Waals surface area contributed by atoms with Gasteiger partial charge in [0.15, 0.2) is 46.5 Å². The number of amides is 2. The Morgan fingerprint density at radius 3 is 0.938 bits per heavy atom. The summed E-state index contributed by atoms with van der Waals surface area (Å²) in [5, 5.41) is 0.